The van der Waals surface area contributed by atoms with E-state index in [1.807, 2.05) is 6.07 Å². The van der Waals surface area contributed by atoms with E-state index >= 15 is 0 Å². The molecule has 0 aliphatic carbocycles. The number of carbonyl (C=O) groups excluding carboxylic acids is 2. The minimum absolute atomic E-state index is 0.123. The molecular weight excluding hydrogens is 336 g/mol. The zero-order valence-electron chi connectivity index (χ0n) is 14.1. The van der Waals surface area contributed by atoms with Gasteiger partial charge in [0.1, 0.15) is 17.9 Å². The fourth-order valence-electron chi connectivity index (χ4n) is 2.67. The molecule has 0 saturated carbocycles. The second-order valence-corrected chi connectivity index (χ2v) is 5.72. The molecule has 3 rings (SSSR count). The first-order chi connectivity index (χ1) is 12.6. The molecule has 1 unspecified atom stereocenters. The lowest BCUT2D eigenvalue weighted by Gasteiger charge is -2.17. The summed E-state index contributed by atoms with van der Waals surface area (Å²) in [5, 5.41) is 9.03. The molecule has 1 amide bonds. The second-order valence-electron chi connectivity index (χ2n) is 5.72. The summed E-state index contributed by atoms with van der Waals surface area (Å²) in [7, 11) is 0. The summed E-state index contributed by atoms with van der Waals surface area (Å²) >= 11 is 0. The van der Waals surface area contributed by atoms with Gasteiger partial charge in [0.05, 0.1) is 6.54 Å². The van der Waals surface area contributed by atoms with Crippen LogP contribution in [0.15, 0.2) is 36.7 Å². The summed E-state index contributed by atoms with van der Waals surface area (Å²) in [6, 6.07) is 8.33. The lowest BCUT2D eigenvalue weighted by Crippen LogP contribution is -2.31. The van der Waals surface area contributed by atoms with Gasteiger partial charge in [0, 0.05) is 37.8 Å². The van der Waals surface area contributed by atoms with Gasteiger partial charge < -0.3 is 14.4 Å². The van der Waals surface area contributed by atoms with E-state index in [1.165, 1.54) is 19.3 Å². The van der Waals surface area contributed by atoms with Gasteiger partial charge in [-0.05, 0) is 24.3 Å². The number of hydrogen-bond acceptors (Lipinski definition) is 7. The average molecular weight is 352 g/mol. The van der Waals surface area contributed by atoms with Crippen LogP contribution in [0.5, 0.6) is 11.6 Å². The molecule has 2 heterocycles. The second kappa shape index (κ2) is 7.61. The standard InChI is InChI=1S/C18H16N4O4/c1-12(23)25-14-4-2-13(3-5-14)18(24)22-9-6-15(11-22)26-17-16(10-19)20-7-8-21-17/h2-5,7-8,15H,6,9,11H2,1H3. The molecule has 0 N–H and O–H groups in total. The SMILES string of the molecule is CC(=O)Oc1ccc(C(=O)N2CCC(Oc3nccnc3C#N)C2)cc1. The van der Waals surface area contributed by atoms with Gasteiger partial charge in [-0.15, -0.1) is 0 Å². The Morgan fingerprint density at radius 1 is 1.23 bits per heavy atom. The zero-order chi connectivity index (χ0) is 18.5. The number of amides is 1. The number of hydrogen-bond donors (Lipinski definition) is 0. The third-order valence-electron chi connectivity index (χ3n) is 3.84. The number of ether oxygens (including phenoxy) is 2. The third-order valence-corrected chi connectivity index (χ3v) is 3.84. The fourth-order valence-corrected chi connectivity index (χ4v) is 2.67. The Bertz CT molecular complexity index is 860. The van der Waals surface area contributed by atoms with E-state index in [9.17, 15) is 9.59 Å². The van der Waals surface area contributed by atoms with Crippen LogP contribution in [0.2, 0.25) is 0 Å². The molecule has 8 heteroatoms. The fraction of sp³-hybridized carbons (Fsp3) is 0.278. The average Bonchev–Trinajstić information content (AvgIpc) is 3.10. The van der Waals surface area contributed by atoms with E-state index in [2.05, 4.69) is 9.97 Å². The molecule has 2 aromatic rings. The highest BCUT2D eigenvalue weighted by Crippen LogP contribution is 2.21. The van der Waals surface area contributed by atoms with Crippen molar-refractivity contribution in [3.63, 3.8) is 0 Å². The van der Waals surface area contributed by atoms with Crippen molar-refractivity contribution >= 4 is 11.9 Å². The summed E-state index contributed by atoms with van der Waals surface area (Å²) in [6.45, 7) is 2.25. The van der Waals surface area contributed by atoms with E-state index in [0.717, 1.165) is 0 Å². The molecule has 1 aromatic heterocycles. The Hall–Kier alpha value is -3.47. The van der Waals surface area contributed by atoms with Crippen LogP contribution in [0, 0.1) is 11.3 Å². The Labute approximate surface area is 150 Å². The quantitative estimate of drug-likeness (QED) is 0.607. The van der Waals surface area contributed by atoms with Crippen molar-refractivity contribution < 1.29 is 19.1 Å². The molecule has 0 radical (unpaired) electrons. The van der Waals surface area contributed by atoms with Crippen LogP contribution in [-0.4, -0.2) is 45.9 Å². The predicted molar refractivity (Wildman–Crippen MR) is 89.4 cm³/mol. The van der Waals surface area contributed by atoms with Crippen molar-refractivity contribution in [3.8, 4) is 17.7 Å². The molecule has 0 spiro atoms. The molecule has 8 nitrogen and oxygen atoms in total. The van der Waals surface area contributed by atoms with Crippen LogP contribution >= 0.6 is 0 Å². The van der Waals surface area contributed by atoms with E-state index < -0.39 is 5.97 Å². The molecule has 1 fully saturated rings. The monoisotopic (exact) mass is 352 g/mol. The molecule has 1 aliphatic heterocycles. The molecule has 1 aromatic carbocycles. The number of benzene rings is 1. The summed E-state index contributed by atoms with van der Waals surface area (Å²) < 4.78 is 10.7. The molecule has 0 bridgehead atoms. The predicted octanol–water partition coefficient (Wildman–Crippen LogP) is 1.57. The minimum atomic E-state index is -0.413. The van der Waals surface area contributed by atoms with Crippen LogP contribution in [-0.2, 0) is 4.79 Å². The number of nitriles is 1. The van der Waals surface area contributed by atoms with Gasteiger partial charge in [0.2, 0.25) is 5.69 Å². The van der Waals surface area contributed by atoms with Crippen molar-refractivity contribution in [2.24, 2.45) is 0 Å². The first-order valence-electron chi connectivity index (χ1n) is 8.02. The van der Waals surface area contributed by atoms with Crippen molar-refractivity contribution in [1.82, 2.24) is 14.9 Å². The topological polar surface area (TPSA) is 105 Å². The number of esters is 1. The normalized spacial score (nSPS) is 16.0. The smallest absolute Gasteiger partial charge is 0.308 e. The maximum absolute atomic E-state index is 12.6. The summed E-state index contributed by atoms with van der Waals surface area (Å²) in [5.74, 6) is 0.0258. The molecular formula is C18H16N4O4. The van der Waals surface area contributed by atoms with Crippen molar-refractivity contribution in [2.75, 3.05) is 13.1 Å². The molecule has 1 atom stereocenters. The Morgan fingerprint density at radius 2 is 1.96 bits per heavy atom. The van der Waals surface area contributed by atoms with Gasteiger partial charge >= 0.3 is 5.97 Å². The van der Waals surface area contributed by atoms with Crippen molar-refractivity contribution in [3.05, 3.63) is 47.9 Å². The minimum Gasteiger partial charge on any atom is -0.470 e. The highest BCUT2D eigenvalue weighted by molar-refractivity contribution is 5.94. The van der Waals surface area contributed by atoms with E-state index in [1.54, 1.807) is 29.2 Å². The Balaban J connectivity index is 1.62. The van der Waals surface area contributed by atoms with E-state index in [0.29, 0.717) is 30.8 Å². The van der Waals surface area contributed by atoms with E-state index in [4.69, 9.17) is 14.7 Å². The lowest BCUT2D eigenvalue weighted by molar-refractivity contribution is -0.131. The van der Waals surface area contributed by atoms with Crippen molar-refractivity contribution in [2.45, 2.75) is 19.4 Å². The largest absolute Gasteiger partial charge is 0.470 e. The van der Waals surface area contributed by atoms with Crippen LogP contribution in [0.3, 0.4) is 0 Å². The number of aromatic nitrogens is 2. The molecule has 132 valence electrons. The van der Waals surface area contributed by atoms with Gasteiger partial charge in [-0.25, -0.2) is 9.97 Å². The summed E-state index contributed by atoms with van der Waals surface area (Å²) in [4.78, 5) is 33.1. The van der Waals surface area contributed by atoms with Crippen LogP contribution in [0.25, 0.3) is 0 Å². The first kappa shape index (κ1) is 17.4. The van der Waals surface area contributed by atoms with Crippen LogP contribution in [0.4, 0.5) is 0 Å². The van der Waals surface area contributed by atoms with Gasteiger partial charge in [-0.1, -0.05) is 0 Å². The first-order valence-corrected chi connectivity index (χ1v) is 8.02. The number of rotatable bonds is 4. The Kier molecular flexibility index (Phi) is 5.08. The molecule has 1 saturated heterocycles. The third kappa shape index (κ3) is 3.95. The molecule has 26 heavy (non-hydrogen) atoms. The maximum Gasteiger partial charge on any atom is 0.308 e. The number of carbonyl (C=O) groups is 2. The van der Waals surface area contributed by atoms with Crippen LogP contribution in [0.1, 0.15) is 29.4 Å². The maximum atomic E-state index is 12.6. The highest BCUT2D eigenvalue weighted by atomic mass is 16.5. The van der Waals surface area contributed by atoms with Gasteiger partial charge in [0.15, 0.2) is 0 Å². The van der Waals surface area contributed by atoms with Gasteiger partial charge in [0.25, 0.3) is 11.8 Å². The summed E-state index contributed by atoms with van der Waals surface area (Å²) in [6.07, 6.45) is 3.27. The van der Waals surface area contributed by atoms with Crippen molar-refractivity contribution in [1.29, 1.82) is 5.26 Å². The Morgan fingerprint density at radius 3 is 2.65 bits per heavy atom. The summed E-state index contributed by atoms with van der Waals surface area (Å²) in [5.41, 5.74) is 0.622. The van der Waals surface area contributed by atoms with Gasteiger partial charge in [-0.2, -0.15) is 5.26 Å². The highest BCUT2D eigenvalue weighted by Gasteiger charge is 2.29. The van der Waals surface area contributed by atoms with Crippen LogP contribution < -0.4 is 9.47 Å². The number of nitrogens with zero attached hydrogens (tertiary/aromatic N) is 4. The van der Waals surface area contributed by atoms with E-state index in [-0.39, 0.29) is 23.6 Å². The van der Waals surface area contributed by atoms with Gasteiger partial charge in [-0.3, -0.25) is 9.59 Å². The zero-order valence-corrected chi connectivity index (χ0v) is 14.1. The molecule has 1 aliphatic rings. The number of likely N-dealkylation sites (tertiary alicyclic amines) is 1. The lowest BCUT2D eigenvalue weighted by atomic mass is 10.2.